The van der Waals surface area contributed by atoms with Crippen molar-refractivity contribution >= 4 is 43.4 Å². The topological polar surface area (TPSA) is 114 Å². The number of nitrogens with two attached hydrogens (primary N) is 1. The van der Waals surface area contributed by atoms with Crippen LogP contribution in [0.5, 0.6) is 5.75 Å². The van der Waals surface area contributed by atoms with E-state index in [9.17, 15) is 13.2 Å². The first-order valence-electron chi connectivity index (χ1n) is 8.92. The van der Waals surface area contributed by atoms with Crippen molar-refractivity contribution in [1.82, 2.24) is 4.98 Å². The second-order valence-electron chi connectivity index (χ2n) is 6.70. The Kier molecular flexibility index (Phi) is 4.73. The largest absolute Gasteiger partial charge is 0.481 e. The summed E-state index contributed by atoms with van der Waals surface area (Å²) in [4.78, 5) is 15.7. The van der Waals surface area contributed by atoms with Gasteiger partial charge in [-0.05, 0) is 49.4 Å². The molecule has 4 aromatic rings. The van der Waals surface area contributed by atoms with Gasteiger partial charge in [0.05, 0.1) is 10.4 Å². The third kappa shape index (κ3) is 3.94. The number of ether oxygens (including phenoxy) is 1. The lowest BCUT2D eigenvalue weighted by Gasteiger charge is -2.15. The zero-order valence-corrected chi connectivity index (χ0v) is 16.4. The highest BCUT2D eigenvalue weighted by molar-refractivity contribution is 7.89. The lowest BCUT2D eigenvalue weighted by atomic mass is 10.1. The number of nitrogens with one attached hydrogen (secondary N) is 2. The molecule has 4 rings (SSSR count). The standard InChI is InChI=1S/C21H19N3O4S/c1-13(21(25)23-14-6-9-16(10-7-14)29(22,26)27)28-15-8-11-18-17-4-2-3-5-19(17)24-20(18)12-15/h2-13,24H,1H3,(H,23,25)(H2,22,26,27)/t13-/m1/s1. The molecule has 4 N–H and O–H groups in total. The normalized spacial score (nSPS) is 12.8. The third-order valence-corrected chi connectivity index (χ3v) is 5.54. The number of fused-ring (bicyclic) bond motifs is 3. The van der Waals surface area contributed by atoms with Crippen molar-refractivity contribution < 1.29 is 17.9 Å². The van der Waals surface area contributed by atoms with Gasteiger partial charge in [-0.3, -0.25) is 4.79 Å². The number of aromatic amines is 1. The molecule has 0 fully saturated rings. The van der Waals surface area contributed by atoms with Crippen LogP contribution in [0, 0.1) is 0 Å². The molecule has 0 radical (unpaired) electrons. The predicted octanol–water partition coefficient (Wildman–Crippen LogP) is 3.37. The van der Waals surface area contributed by atoms with Gasteiger partial charge in [-0.2, -0.15) is 0 Å². The van der Waals surface area contributed by atoms with E-state index in [1.54, 1.807) is 6.92 Å². The number of amides is 1. The number of H-pyrrole nitrogens is 1. The number of para-hydroxylation sites is 1. The zero-order valence-electron chi connectivity index (χ0n) is 15.5. The van der Waals surface area contributed by atoms with E-state index in [4.69, 9.17) is 9.88 Å². The molecule has 1 amide bonds. The molecule has 0 unspecified atom stereocenters. The Morgan fingerprint density at radius 1 is 1.00 bits per heavy atom. The van der Waals surface area contributed by atoms with Gasteiger partial charge in [0.1, 0.15) is 5.75 Å². The SMILES string of the molecule is C[C@@H](Oc1ccc2c(c1)[nH]c1ccccc12)C(=O)Nc1ccc(S(N)(=O)=O)cc1. The number of rotatable bonds is 5. The molecule has 3 aromatic carbocycles. The van der Waals surface area contributed by atoms with Crippen LogP contribution in [-0.4, -0.2) is 25.4 Å². The number of hydrogen-bond donors (Lipinski definition) is 3. The van der Waals surface area contributed by atoms with Gasteiger partial charge < -0.3 is 15.0 Å². The van der Waals surface area contributed by atoms with Crippen LogP contribution in [0.2, 0.25) is 0 Å². The first-order chi connectivity index (χ1) is 13.8. The summed E-state index contributed by atoms with van der Waals surface area (Å²) >= 11 is 0. The van der Waals surface area contributed by atoms with Crippen molar-refractivity contribution in [1.29, 1.82) is 0 Å². The lowest BCUT2D eigenvalue weighted by Crippen LogP contribution is -2.30. The first-order valence-corrected chi connectivity index (χ1v) is 10.5. The van der Waals surface area contributed by atoms with Crippen molar-refractivity contribution in [2.45, 2.75) is 17.9 Å². The van der Waals surface area contributed by atoms with Crippen LogP contribution >= 0.6 is 0 Å². The van der Waals surface area contributed by atoms with E-state index < -0.39 is 16.1 Å². The van der Waals surface area contributed by atoms with Gasteiger partial charge in [-0.25, -0.2) is 13.6 Å². The van der Waals surface area contributed by atoms with Gasteiger partial charge in [0.25, 0.3) is 5.91 Å². The Labute approximate surface area is 167 Å². The van der Waals surface area contributed by atoms with Gasteiger partial charge in [0.15, 0.2) is 6.10 Å². The number of benzene rings is 3. The van der Waals surface area contributed by atoms with Crippen LogP contribution < -0.4 is 15.2 Å². The molecular weight excluding hydrogens is 390 g/mol. The predicted molar refractivity (Wildman–Crippen MR) is 112 cm³/mol. The minimum atomic E-state index is -3.77. The van der Waals surface area contributed by atoms with E-state index in [1.807, 2.05) is 42.5 Å². The second-order valence-corrected chi connectivity index (χ2v) is 8.26. The summed E-state index contributed by atoms with van der Waals surface area (Å²) in [5.41, 5.74) is 2.41. The van der Waals surface area contributed by atoms with Gasteiger partial charge >= 0.3 is 0 Å². The number of primary sulfonamides is 1. The molecule has 148 valence electrons. The Balaban J connectivity index is 1.47. The minimum absolute atomic E-state index is 0.0218. The highest BCUT2D eigenvalue weighted by Gasteiger charge is 2.16. The molecule has 0 aliphatic heterocycles. The summed E-state index contributed by atoms with van der Waals surface area (Å²) < 4.78 is 28.4. The average molecular weight is 409 g/mol. The van der Waals surface area contributed by atoms with Crippen molar-refractivity contribution in [3.05, 3.63) is 66.7 Å². The monoisotopic (exact) mass is 409 g/mol. The van der Waals surface area contributed by atoms with Crippen LogP contribution in [0.4, 0.5) is 5.69 Å². The number of carbonyl (C=O) groups excluding carboxylic acids is 1. The van der Waals surface area contributed by atoms with Gasteiger partial charge in [0, 0.05) is 28.0 Å². The fourth-order valence-electron chi connectivity index (χ4n) is 3.14. The Morgan fingerprint density at radius 3 is 2.41 bits per heavy atom. The Hall–Kier alpha value is -3.36. The van der Waals surface area contributed by atoms with Crippen molar-refractivity contribution in [3.8, 4) is 5.75 Å². The molecule has 0 aliphatic carbocycles. The number of hydrogen-bond acceptors (Lipinski definition) is 4. The highest BCUT2D eigenvalue weighted by Crippen LogP contribution is 2.28. The molecule has 8 heteroatoms. The van der Waals surface area contributed by atoms with Gasteiger partial charge in [0.2, 0.25) is 10.0 Å². The van der Waals surface area contributed by atoms with E-state index in [0.29, 0.717) is 11.4 Å². The summed E-state index contributed by atoms with van der Waals surface area (Å²) in [7, 11) is -3.77. The molecule has 0 spiro atoms. The Morgan fingerprint density at radius 2 is 1.69 bits per heavy atom. The Bertz CT molecular complexity index is 1310. The fraction of sp³-hybridized carbons (Fsp3) is 0.0952. The molecular formula is C21H19N3O4S. The van der Waals surface area contributed by atoms with Crippen LogP contribution in [0.1, 0.15) is 6.92 Å². The van der Waals surface area contributed by atoms with Gasteiger partial charge in [-0.15, -0.1) is 0 Å². The first kappa shape index (κ1) is 19.0. The summed E-state index contributed by atoms with van der Waals surface area (Å²) in [6.07, 6.45) is -0.755. The molecule has 0 saturated carbocycles. The smallest absolute Gasteiger partial charge is 0.265 e. The molecule has 1 aromatic heterocycles. The minimum Gasteiger partial charge on any atom is -0.481 e. The molecule has 7 nitrogen and oxygen atoms in total. The van der Waals surface area contributed by atoms with Crippen LogP contribution in [0.15, 0.2) is 71.6 Å². The number of aromatic nitrogens is 1. The van der Waals surface area contributed by atoms with Crippen LogP contribution in [-0.2, 0) is 14.8 Å². The zero-order chi connectivity index (χ0) is 20.6. The van der Waals surface area contributed by atoms with E-state index in [1.165, 1.54) is 24.3 Å². The van der Waals surface area contributed by atoms with E-state index in [2.05, 4.69) is 10.3 Å². The molecule has 29 heavy (non-hydrogen) atoms. The third-order valence-electron chi connectivity index (χ3n) is 4.61. The van der Waals surface area contributed by atoms with Crippen LogP contribution in [0.25, 0.3) is 21.8 Å². The number of carbonyl (C=O) groups is 1. The van der Waals surface area contributed by atoms with E-state index in [0.717, 1.165) is 21.8 Å². The summed E-state index contributed by atoms with van der Waals surface area (Å²) in [5.74, 6) is 0.210. The maximum Gasteiger partial charge on any atom is 0.265 e. The van der Waals surface area contributed by atoms with Crippen molar-refractivity contribution in [2.24, 2.45) is 5.14 Å². The number of sulfonamides is 1. The summed E-state index contributed by atoms with van der Waals surface area (Å²) in [5, 5.41) is 9.97. The van der Waals surface area contributed by atoms with Gasteiger partial charge in [-0.1, -0.05) is 18.2 Å². The molecule has 0 bridgehead atoms. The maximum absolute atomic E-state index is 12.4. The quantitative estimate of drug-likeness (QED) is 0.469. The lowest BCUT2D eigenvalue weighted by molar-refractivity contribution is -0.122. The molecule has 0 saturated heterocycles. The summed E-state index contributed by atoms with van der Waals surface area (Å²) in [6.45, 7) is 1.64. The van der Waals surface area contributed by atoms with Crippen molar-refractivity contribution in [3.63, 3.8) is 0 Å². The highest BCUT2D eigenvalue weighted by atomic mass is 32.2. The average Bonchev–Trinajstić information content (AvgIpc) is 3.05. The van der Waals surface area contributed by atoms with Crippen LogP contribution in [0.3, 0.4) is 0 Å². The molecule has 0 aliphatic rings. The fourth-order valence-corrected chi connectivity index (χ4v) is 3.65. The molecule has 1 atom stereocenters. The maximum atomic E-state index is 12.4. The second kappa shape index (κ2) is 7.23. The molecule has 1 heterocycles. The van der Waals surface area contributed by atoms with E-state index >= 15 is 0 Å². The van der Waals surface area contributed by atoms with Crippen molar-refractivity contribution in [2.75, 3.05) is 5.32 Å². The number of anilines is 1. The summed E-state index contributed by atoms with van der Waals surface area (Å²) in [6, 6.07) is 19.3. The van der Waals surface area contributed by atoms with E-state index in [-0.39, 0.29) is 10.8 Å².